The second-order valence-electron chi connectivity index (χ2n) is 6.62. The van der Waals surface area contributed by atoms with E-state index >= 15 is 0 Å². The maximum absolute atomic E-state index is 11.2. The van der Waals surface area contributed by atoms with Gasteiger partial charge in [-0.1, -0.05) is 38.1 Å². The normalized spacial score (nSPS) is 27.4. The summed E-state index contributed by atoms with van der Waals surface area (Å²) in [4.78, 5) is 11.2. The van der Waals surface area contributed by atoms with Crippen LogP contribution in [0, 0.1) is 11.8 Å². The van der Waals surface area contributed by atoms with Gasteiger partial charge in [-0.05, 0) is 17.7 Å². The van der Waals surface area contributed by atoms with Crippen LogP contribution >= 0.6 is 0 Å². The third-order valence-corrected chi connectivity index (χ3v) is 4.56. The van der Waals surface area contributed by atoms with Crippen LogP contribution in [0.1, 0.15) is 6.92 Å². The molecule has 21 heavy (non-hydrogen) atoms. The van der Waals surface area contributed by atoms with Crippen molar-refractivity contribution < 1.29 is 19.0 Å². The highest BCUT2D eigenvalue weighted by Crippen LogP contribution is 2.29. The topological polar surface area (TPSA) is 44.8 Å². The Morgan fingerprint density at radius 2 is 2.24 bits per heavy atom. The zero-order valence-electron chi connectivity index (χ0n) is 13.1. The summed E-state index contributed by atoms with van der Waals surface area (Å²) in [5.41, 5.74) is 1.68. The summed E-state index contributed by atoms with van der Waals surface area (Å²) in [7, 11) is -1.22. The summed E-state index contributed by atoms with van der Waals surface area (Å²) in [6.07, 6.45) is 0.662. The Bertz CT molecular complexity index is 533. The summed E-state index contributed by atoms with van der Waals surface area (Å²) in [6.45, 7) is 12.7. The SMILES string of the molecule is C=C(C#CC1=C[C@H]2CO[C@H](O2)[C@H]1OC(C)=O)C[Si](C)(C)C. The summed E-state index contributed by atoms with van der Waals surface area (Å²) in [5, 5.41) is 0. The van der Waals surface area contributed by atoms with Gasteiger partial charge in [-0.3, -0.25) is 4.79 Å². The number of ether oxygens (including phenoxy) is 3. The highest BCUT2D eigenvalue weighted by molar-refractivity contribution is 6.76. The highest BCUT2D eigenvalue weighted by Gasteiger charge is 2.40. The van der Waals surface area contributed by atoms with Gasteiger partial charge in [-0.2, -0.15) is 0 Å². The monoisotopic (exact) mass is 306 g/mol. The van der Waals surface area contributed by atoms with E-state index in [2.05, 4.69) is 38.1 Å². The number of hydrogen-bond donors (Lipinski definition) is 0. The Kier molecular flexibility index (Phi) is 4.72. The molecule has 0 aromatic carbocycles. The number of allylic oxidation sites excluding steroid dienone is 1. The van der Waals surface area contributed by atoms with Gasteiger partial charge in [0.05, 0.1) is 6.61 Å². The van der Waals surface area contributed by atoms with Crippen LogP contribution in [-0.2, 0) is 19.0 Å². The molecule has 2 rings (SSSR count). The number of rotatable bonds is 3. The third kappa shape index (κ3) is 4.56. The molecular weight excluding hydrogens is 284 g/mol. The standard InChI is InChI=1S/C16H22O4Si/c1-11(10-21(3,4)5)6-7-13-8-14-9-18-16(20-14)15(13)19-12(2)17/h8,14-16H,1,9-10H2,2-5H3/t14-,15-,16+/m0/s1. The summed E-state index contributed by atoms with van der Waals surface area (Å²) < 4.78 is 16.3. The maximum atomic E-state index is 11.2. The van der Waals surface area contributed by atoms with Crippen LogP contribution in [-0.4, -0.2) is 39.1 Å². The van der Waals surface area contributed by atoms with E-state index in [4.69, 9.17) is 14.2 Å². The molecule has 2 bridgehead atoms. The molecule has 2 aliphatic heterocycles. The molecule has 5 heteroatoms. The molecule has 0 N–H and O–H groups in total. The molecule has 2 heterocycles. The fraction of sp³-hybridized carbons (Fsp3) is 0.562. The van der Waals surface area contributed by atoms with E-state index in [-0.39, 0.29) is 12.1 Å². The molecule has 0 aliphatic carbocycles. The first-order valence-corrected chi connectivity index (χ1v) is 10.8. The Labute approximate surface area is 127 Å². The lowest BCUT2D eigenvalue weighted by atomic mass is 10.1. The second-order valence-corrected chi connectivity index (χ2v) is 12.1. The van der Waals surface area contributed by atoms with Crippen LogP contribution in [0.5, 0.6) is 0 Å². The molecule has 0 saturated carbocycles. The molecule has 2 aliphatic rings. The molecule has 1 saturated heterocycles. The highest BCUT2D eigenvalue weighted by atomic mass is 28.3. The molecule has 114 valence electrons. The number of esters is 1. The van der Waals surface area contributed by atoms with Crippen LogP contribution in [0.3, 0.4) is 0 Å². The van der Waals surface area contributed by atoms with Crippen molar-refractivity contribution in [1.29, 1.82) is 0 Å². The van der Waals surface area contributed by atoms with Crippen molar-refractivity contribution in [3.05, 3.63) is 23.8 Å². The number of carbonyl (C=O) groups excluding carboxylic acids is 1. The van der Waals surface area contributed by atoms with Gasteiger partial charge in [0.2, 0.25) is 6.29 Å². The van der Waals surface area contributed by atoms with E-state index in [9.17, 15) is 4.79 Å². The van der Waals surface area contributed by atoms with Crippen molar-refractivity contribution >= 4 is 14.0 Å². The molecule has 0 radical (unpaired) electrons. The molecule has 0 unspecified atom stereocenters. The van der Waals surface area contributed by atoms with Gasteiger partial charge in [-0.25, -0.2) is 0 Å². The van der Waals surface area contributed by atoms with Gasteiger partial charge in [0.25, 0.3) is 0 Å². The van der Waals surface area contributed by atoms with Crippen molar-refractivity contribution in [3.63, 3.8) is 0 Å². The molecular formula is C16H22O4Si. The smallest absolute Gasteiger partial charge is 0.303 e. The predicted octanol–water partition coefficient (Wildman–Crippen LogP) is 2.50. The summed E-state index contributed by atoms with van der Waals surface area (Å²) in [6, 6.07) is 0.964. The second kappa shape index (κ2) is 6.18. The lowest BCUT2D eigenvalue weighted by Gasteiger charge is -2.25. The van der Waals surface area contributed by atoms with Crippen molar-refractivity contribution in [2.45, 2.75) is 51.1 Å². The minimum Gasteiger partial charge on any atom is -0.452 e. The Balaban J connectivity index is 2.13. The summed E-state index contributed by atoms with van der Waals surface area (Å²) in [5.74, 6) is 5.83. The average Bonchev–Trinajstić information content (AvgIpc) is 2.71. The third-order valence-electron chi connectivity index (χ3n) is 3.07. The van der Waals surface area contributed by atoms with Gasteiger partial charge in [0, 0.05) is 20.6 Å². The largest absolute Gasteiger partial charge is 0.452 e. The van der Waals surface area contributed by atoms with Gasteiger partial charge < -0.3 is 14.2 Å². The number of hydrogen-bond acceptors (Lipinski definition) is 4. The Morgan fingerprint density at radius 1 is 1.52 bits per heavy atom. The summed E-state index contributed by atoms with van der Waals surface area (Å²) >= 11 is 0. The minimum absolute atomic E-state index is 0.101. The Hall–Kier alpha value is -1.35. The van der Waals surface area contributed by atoms with Crippen molar-refractivity contribution in [3.8, 4) is 11.8 Å². The maximum Gasteiger partial charge on any atom is 0.303 e. The lowest BCUT2D eigenvalue weighted by molar-refractivity contribution is -0.168. The predicted molar refractivity (Wildman–Crippen MR) is 83.3 cm³/mol. The Morgan fingerprint density at radius 3 is 2.86 bits per heavy atom. The molecule has 4 nitrogen and oxygen atoms in total. The molecule has 0 amide bonds. The number of fused-ring (bicyclic) bond motifs is 2. The van der Waals surface area contributed by atoms with E-state index < -0.39 is 20.5 Å². The molecule has 3 atom stereocenters. The van der Waals surface area contributed by atoms with Gasteiger partial charge in [-0.15, -0.1) is 0 Å². The molecule has 0 aromatic rings. The van der Waals surface area contributed by atoms with E-state index in [0.29, 0.717) is 6.61 Å². The van der Waals surface area contributed by atoms with E-state index in [1.807, 2.05) is 6.08 Å². The average molecular weight is 306 g/mol. The van der Waals surface area contributed by atoms with Crippen molar-refractivity contribution in [1.82, 2.24) is 0 Å². The fourth-order valence-electron chi connectivity index (χ4n) is 2.38. The minimum atomic E-state index is -1.22. The van der Waals surface area contributed by atoms with Crippen LogP contribution in [0.4, 0.5) is 0 Å². The van der Waals surface area contributed by atoms with Crippen molar-refractivity contribution in [2.75, 3.05) is 6.61 Å². The van der Waals surface area contributed by atoms with Crippen LogP contribution in [0.2, 0.25) is 25.7 Å². The first kappa shape index (κ1) is 16.0. The van der Waals surface area contributed by atoms with E-state index in [1.165, 1.54) is 6.92 Å². The molecule has 0 aromatic heterocycles. The zero-order chi connectivity index (χ0) is 15.6. The van der Waals surface area contributed by atoms with E-state index in [0.717, 1.165) is 17.2 Å². The molecule has 1 fully saturated rings. The van der Waals surface area contributed by atoms with Gasteiger partial charge in [0.15, 0.2) is 6.10 Å². The van der Waals surface area contributed by atoms with Crippen LogP contribution < -0.4 is 0 Å². The van der Waals surface area contributed by atoms with Crippen LogP contribution in [0.15, 0.2) is 23.8 Å². The molecule has 0 spiro atoms. The van der Waals surface area contributed by atoms with Crippen molar-refractivity contribution in [2.24, 2.45) is 0 Å². The first-order valence-electron chi connectivity index (χ1n) is 7.10. The van der Waals surface area contributed by atoms with E-state index in [1.54, 1.807) is 0 Å². The van der Waals surface area contributed by atoms with Gasteiger partial charge in [0.1, 0.15) is 6.10 Å². The lowest BCUT2D eigenvalue weighted by Crippen LogP contribution is -2.36. The fourth-order valence-corrected chi connectivity index (χ4v) is 3.75. The zero-order valence-corrected chi connectivity index (χ0v) is 14.1. The van der Waals surface area contributed by atoms with Gasteiger partial charge >= 0.3 is 5.97 Å². The quantitative estimate of drug-likeness (QED) is 0.456. The van der Waals surface area contributed by atoms with Crippen LogP contribution in [0.25, 0.3) is 0 Å². The number of carbonyl (C=O) groups is 1. The first-order chi connectivity index (χ1) is 9.74.